The number of aldehydes is 1. The van der Waals surface area contributed by atoms with E-state index in [0.717, 1.165) is 23.0 Å². The first-order chi connectivity index (χ1) is 7.90. The predicted octanol–water partition coefficient (Wildman–Crippen LogP) is 3.67. The van der Waals surface area contributed by atoms with E-state index in [0.29, 0.717) is 0 Å². The molecular weight excluding hydrogens is 196 g/mol. The first-order valence-corrected chi connectivity index (χ1v) is 5.17. The SMILES string of the molecule is O=Cc1ccccc1/C=C\c1ccccc1. The highest BCUT2D eigenvalue weighted by molar-refractivity contribution is 5.84. The zero-order valence-corrected chi connectivity index (χ0v) is 8.84. The fraction of sp³-hybridized carbons (Fsp3) is 0. The van der Waals surface area contributed by atoms with Gasteiger partial charge >= 0.3 is 0 Å². The number of carbonyl (C=O) groups is 1. The van der Waals surface area contributed by atoms with Crippen molar-refractivity contribution in [2.24, 2.45) is 0 Å². The highest BCUT2D eigenvalue weighted by Gasteiger charge is 1.95. The predicted molar refractivity (Wildman–Crippen MR) is 67.2 cm³/mol. The van der Waals surface area contributed by atoms with Gasteiger partial charge < -0.3 is 0 Å². The fourth-order valence-corrected chi connectivity index (χ4v) is 1.52. The summed E-state index contributed by atoms with van der Waals surface area (Å²) in [5, 5.41) is 0. The number of hydrogen-bond acceptors (Lipinski definition) is 1. The molecule has 0 N–H and O–H groups in total. The van der Waals surface area contributed by atoms with Crippen LogP contribution in [-0.4, -0.2) is 6.29 Å². The normalized spacial score (nSPS) is 10.5. The minimum Gasteiger partial charge on any atom is -0.298 e. The minimum absolute atomic E-state index is 0.717. The Kier molecular flexibility index (Phi) is 3.29. The van der Waals surface area contributed by atoms with Gasteiger partial charge in [-0.2, -0.15) is 0 Å². The summed E-state index contributed by atoms with van der Waals surface area (Å²) in [6.45, 7) is 0. The zero-order chi connectivity index (χ0) is 11.2. The second-order valence-electron chi connectivity index (χ2n) is 3.49. The molecule has 2 rings (SSSR count). The molecule has 0 radical (unpaired) electrons. The molecule has 0 aliphatic heterocycles. The molecule has 2 aromatic rings. The second kappa shape index (κ2) is 5.08. The summed E-state index contributed by atoms with van der Waals surface area (Å²) in [7, 11) is 0. The summed E-state index contributed by atoms with van der Waals surface area (Å²) < 4.78 is 0. The molecule has 0 bridgehead atoms. The van der Waals surface area contributed by atoms with Gasteiger partial charge in [-0.25, -0.2) is 0 Å². The van der Waals surface area contributed by atoms with Crippen molar-refractivity contribution >= 4 is 18.4 Å². The third kappa shape index (κ3) is 2.45. The Balaban J connectivity index is 2.27. The van der Waals surface area contributed by atoms with Gasteiger partial charge in [0.25, 0.3) is 0 Å². The molecule has 78 valence electrons. The molecule has 0 spiro atoms. The summed E-state index contributed by atoms with van der Waals surface area (Å²) in [5.41, 5.74) is 2.79. The first-order valence-electron chi connectivity index (χ1n) is 5.17. The number of rotatable bonds is 3. The molecule has 0 amide bonds. The maximum Gasteiger partial charge on any atom is 0.150 e. The van der Waals surface area contributed by atoms with Gasteiger partial charge in [-0.05, 0) is 11.1 Å². The van der Waals surface area contributed by atoms with Gasteiger partial charge in [-0.1, -0.05) is 66.7 Å². The molecule has 0 saturated heterocycles. The molecule has 2 aromatic carbocycles. The lowest BCUT2D eigenvalue weighted by Gasteiger charge is -1.97. The van der Waals surface area contributed by atoms with E-state index in [9.17, 15) is 4.79 Å². The molecular formula is C15H12O. The summed E-state index contributed by atoms with van der Waals surface area (Å²) in [6.07, 6.45) is 4.84. The van der Waals surface area contributed by atoms with Gasteiger partial charge in [0, 0.05) is 5.56 Å². The average Bonchev–Trinajstić information content (AvgIpc) is 2.38. The first kappa shape index (κ1) is 10.4. The van der Waals surface area contributed by atoms with Crippen LogP contribution < -0.4 is 0 Å². The van der Waals surface area contributed by atoms with Gasteiger partial charge in [-0.15, -0.1) is 0 Å². The van der Waals surface area contributed by atoms with E-state index < -0.39 is 0 Å². The van der Waals surface area contributed by atoms with Crippen LogP contribution in [-0.2, 0) is 0 Å². The molecule has 0 fully saturated rings. The minimum atomic E-state index is 0.717. The van der Waals surface area contributed by atoms with E-state index >= 15 is 0 Å². The molecule has 16 heavy (non-hydrogen) atoms. The van der Waals surface area contributed by atoms with E-state index in [1.54, 1.807) is 0 Å². The van der Waals surface area contributed by atoms with Crippen molar-refractivity contribution in [3.8, 4) is 0 Å². The molecule has 0 heterocycles. The Labute approximate surface area is 95.1 Å². The van der Waals surface area contributed by atoms with Crippen LogP contribution in [0.15, 0.2) is 54.6 Å². The van der Waals surface area contributed by atoms with E-state index in [4.69, 9.17) is 0 Å². The van der Waals surface area contributed by atoms with Crippen molar-refractivity contribution in [1.29, 1.82) is 0 Å². The van der Waals surface area contributed by atoms with E-state index in [2.05, 4.69) is 0 Å². The van der Waals surface area contributed by atoms with Gasteiger partial charge in [0.2, 0.25) is 0 Å². The van der Waals surface area contributed by atoms with Crippen LogP contribution in [0, 0.1) is 0 Å². The lowest BCUT2D eigenvalue weighted by Crippen LogP contribution is -1.83. The highest BCUT2D eigenvalue weighted by atomic mass is 16.1. The molecule has 0 atom stereocenters. The third-order valence-electron chi connectivity index (χ3n) is 2.38. The van der Waals surface area contributed by atoms with Crippen LogP contribution in [0.25, 0.3) is 12.2 Å². The fourth-order valence-electron chi connectivity index (χ4n) is 1.52. The molecule has 1 heteroatoms. The van der Waals surface area contributed by atoms with Crippen LogP contribution in [0.4, 0.5) is 0 Å². The standard InChI is InChI=1S/C15H12O/c16-12-15-9-5-4-8-14(15)11-10-13-6-2-1-3-7-13/h1-12H/b11-10-. The smallest absolute Gasteiger partial charge is 0.150 e. The molecule has 1 nitrogen and oxygen atoms in total. The summed E-state index contributed by atoms with van der Waals surface area (Å²) >= 11 is 0. The van der Waals surface area contributed by atoms with Crippen LogP contribution in [0.2, 0.25) is 0 Å². The van der Waals surface area contributed by atoms with E-state index in [-0.39, 0.29) is 0 Å². The molecule has 0 aliphatic carbocycles. The maximum absolute atomic E-state index is 10.8. The van der Waals surface area contributed by atoms with Gasteiger partial charge in [-0.3, -0.25) is 4.79 Å². The Bertz CT molecular complexity index is 498. The summed E-state index contributed by atoms with van der Waals surface area (Å²) in [6, 6.07) is 17.6. The quantitative estimate of drug-likeness (QED) is 0.555. The van der Waals surface area contributed by atoms with Crippen LogP contribution in [0.1, 0.15) is 21.5 Å². The monoisotopic (exact) mass is 208 g/mol. The van der Waals surface area contributed by atoms with Crippen LogP contribution >= 0.6 is 0 Å². The van der Waals surface area contributed by atoms with Crippen LogP contribution in [0.3, 0.4) is 0 Å². The molecule has 0 aromatic heterocycles. The number of hydrogen-bond donors (Lipinski definition) is 0. The lowest BCUT2D eigenvalue weighted by molar-refractivity contribution is 0.112. The summed E-state index contributed by atoms with van der Waals surface area (Å²) in [5.74, 6) is 0. The molecule has 0 saturated carbocycles. The van der Waals surface area contributed by atoms with Crippen molar-refractivity contribution in [3.63, 3.8) is 0 Å². The summed E-state index contributed by atoms with van der Waals surface area (Å²) in [4.78, 5) is 10.8. The average molecular weight is 208 g/mol. The third-order valence-corrected chi connectivity index (χ3v) is 2.38. The van der Waals surface area contributed by atoms with E-state index in [1.807, 2.05) is 66.7 Å². The van der Waals surface area contributed by atoms with Crippen molar-refractivity contribution in [2.75, 3.05) is 0 Å². The Morgan fingerprint density at radius 3 is 2.00 bits per heavy atom. The Morgan fingerprint density at radius 2 is 1.31 bits per heavy atom. The Morgan fingerprint density at radius 1 is 0.688 bits per heavy atom. The van der Waals surface area contributed by atoms with Crippen molar-refractivity contribution in [2.45, 2.75) is 0 Å². The zero-order valence-electron chi connectivity index (χ0n) is 8.84. The Hall–Kier alpha value is -2.15. The molecule has 0 aliphatic rings. The number of carbonyl (C=O) groups excluding carboxylic acids is 1. The van der Waals surface area contributed by atoms with Crippen molar-refractivity contribution < 1.29 is 4.79 Å². The molecule has 0 unspecified atom stereocenters. The van der Waals surface area contributed by atoms with Gasteiger partial charge in [0.1, 0.15) is 0 Å². The van der Waals surface area contributed by atoms with Crippen molar-refractivity contribution in [3.05, 3.63) is 71.3 Å². The van der Waals surface area contributed by atoms with Gasteiger partial charge in [0.15, 0.2) is 6.29 Å². The second-order valence-corrected chi connectivity index (χ2v) is 3.49. The van der Waals surface area contributed by atoms with Crippen molar-refractivity contribution in [1.82, 2.24) is 0 Å². The van der Waals surface area contributed by atoms with Gasteiger partial charge in [0.05, 0.1) is 0 Å². The maximum atomic E-state index is 10.8. The van der Waals surface area contributed by atoms with Crippen LogP contribution in [0.5, 0.6) is 0 Å². The lowest BCUT2D eigenvalue weighted by atomic mass is 10.1. The largest absolute Gasteiger partial charge is 0.298 e. The number of benzene rings is 2. The van der Waals surface area contributed by atoms with E-state index in [1.165, 1.54) is 0 Å². The highest BCUT2D eigenvalue weighted by Crippen LogP contribution is 2.11. The topological polar surface area (TPSA) is 17.1 Å².